The minimum atomic E-state index is 0.672. The maximum absolute atomic E-state index is 5.47. The Morgan fingerprint density at radius 2 is 2.00 bits per heavy atom. The highest BCUT2D eigenvalue weighted by Crippen LogP contribution is 2.17. The monoisotopic (exact) mass is 247 g/mol. The van der Waals surface area contributed by atoms with E-state index in [1.165, 1.54) is 16.5 Å². The zero-order chi connectivity index (χ0) is 12.8. The molecule has 2 rings (SSSR count). The Bertz CT molecular complexity index is 490. The quantitative estimate of drug-likeness (QED) is 0.702. The molecule has 0 N–H and O–H groups in total. The Morgan fingerprint density at radius 3 is 2.83 bits per heavy atom. The van der Waals surface area contributed by atoms with Gasteiger partial charge in [-0.15, -0.1) is 0 Å². The minimum Gasteiger partial charge on any atom is -0.382 e. The smallest absolute Gasteiger partial charge is 0.0700 e. The molecular formula is C15H21NO2. The molecule has 0 aliphatic heterocycles. The van der Waals surface area contributed by atoms with Crippen LogP contribution in [0.15, 0.2) is 30.5 Å². The van der Waals surface area contributed by atoms with Crippen LogP contribution < -0.4 is 0 Å². The summed E-state index contributed by atoms with van der Waals surface area (Å²) in [5, 5.41) is 1.32. The van der Waals surface area contributed by atoms with Crippen molar-refractivity contribution in [3.8, 4) is 0 Å². The first-order valence-corrected chi connectivity index (χ1v) is 6.43. The molecule has 0 saturated heterocycles. The number of benzene rings is 1. The van der Waals surface area contributed by atoms with Gasteiger partial charge >= 0.3 is 0 Å². The molecule has 0 bridgehead atoms. The number of rotatable bonds is 7. The molecule has 18 heavy (non-hydrogen) atoms. The van der Waals surface area contributed by atoms with Gasteiger partial charge in [-0.1, -0.05) is 11.6 Å². The zero-order valence-corrected chi connectivity index (χ0v) is 11.2. The lowest BCUT2D eigenvalue weighted by molar-refractivity contribution is 0.0681. The summed E-state index contributed by atoms with van der Waals surface area (Å²) in [6.07, 6.45) is 3.18. The molecule has 0 atom stereocenters. The summed E-state index contributed by atoms with van der Waals surface area (Å²) in [6.45, 7) is 5.27. The van der Waals surface area contributed by atoms with E-state index in [9.17, 15) is 0 Å². The van der Waals surface area contributed by atoms with Gasteiger partial charge in [-0.3, -0.25) is 0 Å². The third-order valence-corrected chi connectivity index (χ3v) is 3.05. The van der Waals surface area contributed by atoms with E-state index in [0.29, 0.717) is 13.2 Å². The van der Waals surface area contributed by atoms with Crippen molar-refractivity contribution in [2.75, 3.05) is 26.9 Å². The fourth-order valence-electron chi connectivity index (χ4n) is 2.10. The predicted octanol–water partition coefficient (Wildman–Crippen LogP) is 3.00. The van der Waals surface area contributed by atoms with Crippen LogP contribution in [0, 0.1) is 6.92 Å². The fraction of sp³-hybridized carbons (Fsp3) is 0.467. The average Bonchev–Trinajstić information content (AvgIpc) is 2.76. The summed E-state index contributed by atoms with van der Waals surface area (Å²) in [5.41, 5.74) is 2.61. The second-order valence-electron chi connectivity index (χ2n) is 4.53. The number of ether oxygens (including phenoxy) is 2. The molecule has 0 spiro atoms. The van der Waals surface area contributed by atoms with Crippen molar-refractivity contribution in [1.82, 2.24) is 4.57 Å². The van der Waals surface area contributed by atoms with E-state index in [2.05, 4.69) is 42.0 Å². The highest BCUT2D eigenvalue weighted by molar-refractivity contribution is 5.80. The van der Waals surface area contributed by atoms with Gasteiger partial charge in [-0.05, 0) is 36.9 Å². The van der Waals surface area contributed by atoms with E-state index in [1.54, 1.807) is 7.11 Å². The first-order chi connectivity index (χ1) is 8.81. The molecule has 1 aromatic heterocycles. The lowest BCUT2D eigenvalue weighted by Gasteiger charge is -2.06. The first kappa shape index (κ1) is 13.1. The van der Waals surface area contributed by atoms with Gasteiger partial charge in [0.1, 0.15) is 0 Å². The van der Waals surface area contributed by atoms with Crippen molar-refractivity contribution in [2.45, 2.75) is 19.9 Å². The molecule has 1 heterocycles. The standard InChI is InChI=1S/C15H21NO2/c1-13-4-5-15-14(12-13)6-8-16(15)7-3-9-18-11-10-17-2/h4-6,8,12H,3,7,9-11H2,1-2H3. The summed E-state index contributed by atoms with van der Waals surface area (Å²) in [7, 11) is 1.69. The molecule has 2 aromatic rings. The average molecular weight is 247 g/mol. The van der Waals surface area contributed by atoms with Crippen molar-refractivity contribution in [3.05, 3.63) is 36.0 Å². The van der Waals surface area contributed by atoms with Crippen molar-refractivity contribution in [3.63, 3.8) is 0 Å². The maximum atomic E-state index is 5.47. The molecule has 0 radical (unpaired) electrons. The van der Waals surface area contributed by atoms with Gasteiger partial charge in [0.25, 0.3) is 0 Å². The highest BCUT2D eigenvalue weighted by atomic mass is 16.5. The first-order valence-electron chi connectivity index (χ1n) is 6.43. The summed E-state index contributed by atoms with van der Waals surface area (Å²) >= 11 is 0. The van der Waals surface area contributed by atoms with Gasteiger partial charge in [0, 0.05) is 32.0 Å². The van der Waals surface area contributed by atoms with Crippen molar-refractivity contribution < 1.29 is 9.47 Å². The van der Waals surface area contributed by atoms with Crippen LogP contribution in [0.3, 0.4) is 0 Å². The summed E-state index contributed by atoms with van der Waals surface area (Å²) in [5.74, 6) is 0. The van der Waals surface area contributed by atoms with Crippen LogP contribution in [0.2, 0.25) is 0 Å². The lowest BCUT2D eigenvalue weighted by atomic mass is 10.2. The third-order valence-electron chi connectivity index (χ3n) is 3.05. The van der Waals surface area contributed by atoms with E-state index in [0.717, 1.165) is 19.6 Å². The van der Waals surface area contributed by atoms with Gasteiger partial charge in [0.05, 0.1) is 13.2 Å². The van der Waals surface area contributed by atoms with Crippen molar-refractivity contribution >= 4 is 10.9 Å². The van der Waals surface area contributed by atoms with Crippen LogP contribution in [0.5, 0.6) is 0 Å². The van der Waals surface area contributed by atoms with Gasteiger partial charge in [-0.25, -0.2) is 0 Å². The lowest BCUT2D eigenvalue weighted by Crippen LogP contribution is -2.05. The Hall–Kier alpha value is -1.32. The van der Waals surface area contributed by atoms with E-state index in [-0.39, 0.29) is 0 Å². The van der Waals surface area contributed by atoms with E-state index >= 15 is 0 Å². The van der Waals surface area contributed by atoms with Crippen LogP contribution in [0.25, 0.3) is 10.9 Å². The molecule has 1 aromatic carbocycles. The Morgan fingerprint density at radius 1 is 1.11 bits per heavy atom. The largest absolute Gasteiger partial charge is 0.382 e. The summed E-state index contributed by atoms with van der Waals surface area (Å²) < 4.78 is 12.7. The SMILES string of the molecule is COCCOCCCn1ccc2cc(C)ccc21. The van der Waals surface area contributed by atoms with Gasteiger partial charge in [0.15, 0.2) is 0 Å². The molecule has 3 heteroatoms. The molecule has 3 nitrogen and oxygen atoms in total. The number of hydrogen-bond acceptors (Lipinski definition) is 2. The molecule has 0 saturated carbocycles. The number of aryl methyl sites for hydroxylation is 2. The van der Waals surface area contributed by atoms with Crippen LogP contribution in [0.4, 0.5) is 0 Å². The highest BCUT2D eigenvalue weighted by Gasteiger charge is 2.00. The molecule has 0 aliphatic carbocycles. The van der Waals surface area contributed by atoms with Gasteiger partial charge in [-0.2, -0.15) is 0 Å². The third kappa shape index (κ3) is 3.34. The van der Waals surface area contributed by atoms with E-state index < -0.39 is 0 Å². The fourth-order valence-corrected chi connectivity index (χ4v) is 2.10. The predicted molar refractivity (Wildman–Crippen MR) is 74.0 cm³/mol. The van der Waals surface area contributed by atoms with E-state index in [1.807, 2.05) is 0 Å². The summed E-state index contributed by atoms with van der Waals surface area (Å²) in [4.78, 5) is 0. The maximum Gasteiger partial charge on any atom is 0.0700 e. The van der Waals surface area contributed by atoms with Crippen LogP contribution >= 0.6 is 0 Å². The minimum absolute atomic E-state index is 0.672. The Kier molecular flexibility index (Phi) is 4.79. The van der Waals surface area contributed by atoms with Gasteiger partial charge in [0.2, 0.25) is 0 Å². The molecule has 0 unspecified atom stereocenters. The molecule has 0 amide bonds. The number of nitrogens with zero attached hydrogens (tertiary/aromatic N) is 1. The molecule has 98 valence electrons. The molecular weight excluding hydrogens is 226 g/mol. The van der Waals surface area contributed by atoms with Gasteiger partial charge < -0.3 is 14.0 Å². The van der Waals surface area contributed by atoms with Crippen LogP contribution in [0.1, 0.15) is 12.0 Å². The second kappa shape index (κ2) is 6.57. The van der Waals surface area contributed by atoms with Crippen molar-refractivity contribution in [2.24, 2.45) is 0 Å². The Balaban J connectivity index is 1.84. The number of aromatic nitrogens is 1. The van der Waals surface area contributed by atoms with E-state index in [4.69, 9.17) is 9.47 Å². The number of methoxy groups -OCH3 is 1. The number of fused-ring (bicyclic) bond motifs is 1. The summed E-state index contributed by atoms with van der Waals surface area (Å²) in [6, 6.07) is 8.75. The van der Waals surface area contributed by atoms with Crippen LogP contribution in [-0.2, 0) is 16.0 Å². The zero-order valence-electron chi connectivity index (χ0n) is 11.2. The van der Waals surface area contributed by atoms with Crippen molar-refractivity contribution in [1.29, 1.82) is 0 Å². The Labute approximate surface area is 108 Å². The molecule has 0 aliphatic rings. The molecule has 0 fully saturated rings. The second-order valence-corrected chi connectivity index (χ2v) is 4.53. The van der Waals surface area contributed by atoms with Crippen LogP contribution in [-0.4, -0.2) is 31.5 Å². The number of hydrogen-bond donors (Lipinski definition) is 0. The normalized spacial score (nSPS) is 11.2. The topological polar surface area (TPSA) is 23.4 Å².